The van der Waals surface area contributed by atoms with E-state index >= 15 is 0 Å². The van der Waals surface area contributed by atoms with Crippen molar-refractivity contribution < 1.29 is 18.3 Å². The fourth-order valence-corrected chi connectivity index (χ4v) is 0.457. The Hall–Kier alpha value is -0.650. The quantitative estimate of drug-likeness (QED) is 0.653. The molecule has 0 aromatic rings. The molecule has 0 aromatic heterocycles. The van der Waals surface area contributed by atoms with Gasteiger partial charge < -0.3 is 5.11 Å². The van der Waals surface area contributed by atoms with Gasteiger partial charge in [-0.1, -0.05) is 5.18 Å². The van der Waals surface area contributed by atoms with E-state index in [1.54, 1.807) is 0 Å². The van der Waals surface area contributed by atoms with Crippen LogP contribution < -0.4 is 0 Å². The van der Waals surface area contributed by atoms with Gasteiger partial charge in [0, 0.05) is 13.0 Å². The van der Waals surface area contributed by atoms with Crippen molar-refractivity contribution in [3.8, 4) is 0 Å². The molecule has 0 saturated carbocycles. The molecule has 0 spiro atoms. The monoisotopic (exact) mass is 171 g/mol. The van der Waals surface area contributed by atoms with E-state index in [4.69, 9.17) is 5.11 Å². The van der Waals surface area contributed by atoms with Gasteiger partial charge in [-0.15, -0.1) is 4.91 Å². The third kappa shape index (κ3) is 2.14. The van der Waals surface area contributed by atoms with Crippen molar-refractivity contribution in [3.63, 3.8) is 0 Å². The standard InChI is InChI=1S/C5H8F3NO2/c1-4(9-11,2-3-10)5(6,7)8/h10H,2-3H2,1H3. The molecule has 1 atom stereocenters. The Morgan fingerprint density at radius 1 is 1.45 bits per heavy atom. The lowest BCUT2D eigenvalue weighted by molar-refractivity contribution is -0.183. The number of aliphatic hydroxyl groups is 1. The number of hydrogen-bond donors (Lipinski definition) is 1. The van der Waals surface area contributed by atoms with Crippen molar-refractivity contribution in [1.82, 2.24) is 0 Å². The van der Waals surface area contributed by atoms with Crippen LogP contribution in [-0.4, -0.2) is 23.4 Å². The molecule has 0 aromatic carbocycles. The highest BCUT2D eigenvalue weighted by atomic mass is 19.4. The first-order valence-corrected chi connectivity index (χ1v) is 2.89. The van der Waals surface area contributed by atoms with Crippen LogP contribution in [0.5, 0.6) is 0 Å². The summed E-state index contributed by atoms with van der Waals surface area (Å²) < 4.78 is 35.7. The lowest BCUT2D eigenvalue weighted by Gasteiger charge is -2.22. The molecule has 0 saturated heterocycles. The van der Waals surface area contributed by atoms with E-state index in [-0.39, 0.29) is 0 Å². The molecule has 0 aliphatic rings. The maximum atomic E-state index is 11.9. The maximum Gasteiger partial charge on any atom is 0.416 e. The summed E-state index contributed by atoms with van der Waals surface area (Å²) in [7, 11) is 0. The molecule has 0 aliphatic heterocycles. The minimum absolute atomic E-state index is 0.649. The molecule has 0 radical (unpaired) electrons. The summed E-state index contributed by atoms with van der Waals surface area (Å²) in [5.41, 5.74) is -2.65. The molecule has 1 N–H and O–H groups in total. The average Bonchev–Trinajstić information content (AvgIpc) is 1.86. The number of aliphatic hydroxyl groups excluding tert-OH is 1. The summed E-state index contributed by atoms with van der Waals surface area (Å²) >= 11 is 0. The molecule has 1 unspecified atom stereocenters. The second-order valence-electron chi connectivity index (χ2n) is 2.34. The van der Waals surface area contributed by atoms with Crippen LogP contribution in [0, 0.1) is 4.91 Å². The van der Waals surface area contributed by atoms with E-state index < -0.39 is 24.7 Å². The zero-order valence-electron chi connectivity index (χ0n) is 5.85. The lowest BCUT2D eigenvalue weighted by atomic mass is 9.99. The van der Waals surface area contributed by atoms with Crippen molar-refractivity contribution in [2.75, 3.05) is 6.61 Å². The summed E-state index contributed by atoms with van der Waals surface area (Å²) in [6.07, 6.45) is -5.38. The minimum atomic E-state index is -4.68. The lowest BCUT2D eigenvalue weighted by Crippen LogP contribution is -2.40. The SMILES string of the molecule is CC(CCO)(N=O)C(F)(F)F. The van der Waals surface area contributed by atoms with Crippen LogP contribution in [0.15, 0.2) is 5.18 Å². The van der Waals surface area contributed by atoms with Crippen LogP contribution >= 0.6 is 0 Å². The highest BCUT2D eigenvalue weighted by Gasteiger charge is 2.52. The highest BCUT2D eigenvalue weighted by Crippen LogP contribution is 2.35. The third-order valence-corrected chi connectivity index (χ3v) is 1.41. The first-order valence-electron chi connectivity index (χ1n) is 2.89. The number of nitroso groups, excluding NO2 is 1. The van der Waals surface area contributed by atoms with Crippen molar-refractivity contribution in [1.29, 1.82) is 0 Å². The van der Waals surface area contributed by atoms with E-state index in [0.29, 0.717) is 6.92 Å². The Morgan fingerprint density at radius 2 is 1.91 bits per heavy atom. The second-order valence-corrected chi connectivity index (χ2v) is 2.34. The first-order chi connectivity index (χ1) is 4.87. The Bertz CT molecular complexity index is 147. The molecule has 0 heterocycles. The summed E-state index contributed by atoms with van der Waals surface area (Å²) in [6.45, 7) is -0.0576. The Morgan fingerprint density at radius 3 is 2.00 bits per heavy atom. The molecular weight excluding hydrogens is 163 g/mol. The summed E-state index contributed by atoms with van der Waals surface area (Å²) in [4.78, 5) is 9.78. The minimum Gasteiger partial charge on any atom is -0.396 e. The van der Waals surface area contributed by atoms with E-state index in [1.165, 1.54) is 0 Å². The number of nitrogens with zero attached hydrogens (tertiary/aromatic N) is 1. The van der Waals surface area contributed by atoms with Crippen LogP contribution in [0.25, 0.3) is 0 Å². The summed E-state index contributed by atoms with van der Waals surface area (Å²) in [6, 6.07) is 0. The van der Waals surface area contributed by atoms with Gasteiger partial charge in [0.15, 0.2) is 5.54 Å². The van der Waals surface area contributed by atoms with Gasteiger partial charge in [-0.3, -0.25) is 0 Å². The number of hydrogen-bond acceptors (Lipinski definition) is 3. The fraction of sp³-hybridized carbons (Fsp3) is 1.00. The maximum absolute atomic E-state index is 11.9. The van der Waals surface area contributed by atoms with Gasteiger partial charge in [0.25, 0.3) is 0 Å². The Balaban J connectivity index is 4.46. The summed E-state index contributed by atoms with van der Waals surface area (Å²) in [5, 5.41) is 10.1. The summed E-state index contributed by atoms with van der Waals surface area (Å²) in [5.74, 6) is 0. The molecule has 0 fully saturated rings. The van der Waals surface area contributed by atoms with Crippen molar-refractivity contribution >= 4 is 0 Å². The van der Waals surface area contributed by atoms with Crippen LogP contribution in [0.4, 0.5) is 13.2 Å². The van der Waals surface area contributed by atoms with Crippen molar-refractivity contribution in [2.24, 2.45) is 5.18 Å². The normalized spacial score (nSPS) is 17.5. The molecule has 3 nitrogen and oxygen atoms in total. The topological polar surface area (TPSA) is 49.7 Å². The molecule has 0 aliphatic carbocycles. The molecule has 0 bridgehead atoms. The molecule has 11 heavy (non-hydrogen) atoms. The molecule has 0 rings (SSSR count). The highest BCUT2D eigenvalue weighted by molar-refractivity contribution is 4.89. The smallest absolute Gasteiger partial charge is 0.396 e. The number of halogens is 3. The zero-order chi connectivity index (χ0) is 9.12. The third-order valence-electron chi connectivity index (χ3n) is 1.41. The molecular formula is C5H8F3NO2. The van der Waals surface area contributed by atoms with Crippen molar-refractivity contribution in [2.45, 2.75) is 25.1 Å². The van der Waals surface area contributed by atoms with Crippen molar-refractivity contribution in [3.05, 3.63) is 4.91 Å². The van der Waals surface area contributed by atoms with Gasteiger partial charge in [-0.05, 0) is 6.92 Å². The molecule has 66 valence electrons. The van der Waals surface area contributed by atoms with Gasteiger partial charge in [0.2, 0.25) is 0 Å². The van der Waals surface area contributed by atoms with Gasteiger partial charge in [0.05, 0.1) is 0 Å². The fourth-order valence-electron chi connectivity index (χ4n) is 0.457. The van der Waals surface area contributed by atoms with Gasteiger partial charge in [-0.25, -0.2) is 0 Å². The molecule has 0 amide bonds. The van der Waals surface area contributed by atoms with E-state index in [9.17, 15) is 18.1 Å². The predicted molar refractivity (Wildman–Crippen MR) is 32.0 cm³/mol. The predicted octanol–water partition coefficient (Wildman–Crippen LogP) is 1.46. The van der Waals surface area contributed by atoms with E-state index in [0.717, 1.165) is 0 Å². The second kappa shape index (κ2) is 3.17. The zero-order valence-corrected chi connectivity index (χ0v) is 5.85. The van der Waals surface area contributed by atoms with Crippen LogP contribution in [0.3, 0.4) is 0 Å². The van der Waals surface area contributed by atoms with E-state index in [1.807, 2.05) is 5.18 Å². The van der Waals surface area contributed by atoms with E-state index in [2.05, 4.69) is 0 Å². The van der Waals surface area contributed by atoms with Crippen LogP contribution in [0.2, 0.25) is 0 Å². The number of rotatable bonds is 3. The number of alkyl halides is 3. The molecule has 6 heteroatoms. The van der Waals surface area contributed by atoms with Gasteiger partial charge in [-0.2, -0.15) is 13.2 Å². The Labute approximate surface area is 61.2 Å². The largest absolute Gasteiger partial charge is 0.416 e. The van der Waals surface area contributed by atoms with Gasteiger partial charge in [0.1, 0.15) is 0 Å². The Kier molecular flexibility index (Phi) is 2.98. The average molecular weight is 171 g/mol. The van der Waals surface area contributed by atoms with Crippen LogP contribution in [-0.2, 0) is 0 Å². The van der Waals surface area contributed by atoms with Gasteiger partial charge >= 0.3 is 6.18 Å². The first kappa shape index (κ1) is 10.3. The van der Waals surface area contributed by atoms with Crippen LogP contribution in [0.1, 0.15) is 13.3 Å².